The van der Waals surface area contributed by atoms with Crippen LogP contribution in [0.5, 0.6) is 0 Å². The molecule has 1 saturated heterocycles. The van der Waals surface area contributed by atoms with Crippen LogP contribution in [0.3, 0.4) is 0 Å². The van der Waals surface area contributed by atoms with Crippen LogP contribution < -0.4 is 0 Å². The third kappa shape index (κ3) is 1.33. The Balaban J connectivity index is 1.95. The molecule has 3 atom stereocenters. The molecule has 0 saturated carbocycles. The summed E-state index contributed by atoms with van der Waals surface area (Å²) in [7, 11) is -3.26. The Bertz CT molecular complexity index is 545. The highest BCUT2D eigenvalue weighted by molar-refractivity contribution is 7.89. The van der Waals surface area contributed by atoms with Gasteiger partial charge in [0, 0.05) is 6.04 Å². The Morgan fingerprint density at radius 3 is 2.50 bits per heavy atom. The monoisotopic (exact) mass is 235 g/mol. The third-order valence-corrected chi connectivity index (χ3v) is 5.17. The van der Waals surface area contributed by atoms with Crippen LogP contribution in [0.4, 0.5) is 0 Å². The van der Waals surface area contributed by atoms with Crippen molar-refractivity contribution in [1.82, 2.24) is 4.31 Å². The molecule has 0 amide bonds. The number of benzene rings is 1. The summed E-state index contributed by atoms with van der Waals surface area (Å²) in [5.74, 6) is 0. The molecule has 16 heavy (non-hydrogen) atoms. The van der Waals surface area contributed by atoms with E-state index in [4.69, 9.17) is 0 Å². The van der Waals surface area contributed by atoms with Gasteiger partial charge in [0.2, 0.25) is 10.0 Å². The highest BCUT2D eigenvalue weighted by Gasteiger charge is 2.55. The number of hydrogen-bond donors (Lipinski definition) is 0. The summed E-state index contributed by atoms with van der Waals surface area (Å²) in [6, 6.07) is 7.34. The summed E-state index contributed by atoms with van der Waals surface area (Å²) >= 11 is 0. The second kappa shape index (κ2) is 3.18. The smallest absolute Gasteiger partial charge is 0.207 e. The summed E-state index contributed by atoms with van der Waals surface area (Å²) in [5.41, 5.74) is 1.07. The Kier molecular flexibility index (Phi) is 2.00. The molecule has 1 aliphatic heterocycles. The molecule has 0 aromatic heterocycles. The first-order valence-electron chi connectivity index (χ1n) is 5.37. The van der Waals surface area contributed by atoms with Crippen molar-refractivity contribution in [3.63, 3.8) is 0 Å². The van der Waals surface area contributed by atoms with Crippen molar-refractivity contribution in [2.45, 2.75) is 30.3 Å². The third-order valence-electron chi connectivity index (χ3n) is 3.23. The number of sulfonamides is 1. The molecule has 1 unspecified atom stereocenters. The van der Waals surface area contributed by atoms with E-state index in [0.29, 0.717) is 4.90 Å². The number of hydrogen-bond acceptors (Lipinski definition) is 2. The van der Waals surface area contributed by atoms with Gasteiger partial charge >= 0.3 is 0 Å². The van der Waals surface area contributed by atoms with Crippen molar-refractivity contribution in [2.24, 2.45) is 0 Å². The van der Waals surface area contributed by atoms with Gasteiger partial charge in [0.25, 0.3) is 0 Å². The lowest BCUT2D eigenvalue weighted by molar-refractivity contribution is 0.547. The summed E-state index contributed by atoms with van der Waals surface area (Å²) in [4.78, 5) is 0.404. The Morgan fingerprint density at radius 1 is 1.25 bits per heavy atom. The predicted molar refractivity (Wildman–Crippen MR) is 61.5 cm³/mol. The highest BCUT2D eigenvalue weighted by Crippen LogP contribution is 2.42. The van der Waals surface area contributed by atoms with Crippen molar-refractivity contribution >= 4 is 10.0 Å². The molecule has 1 aromatic carbocycles. The van der Waals surface area contributed by atoms with Gasteiger partial charge in [0.1, 0.15) is 0 Å². The fraction of sp³-hybridized carbons (Fsp3) is 0.333. The second-order valence-corrected chi connectivity index (χ2v) is 6.21. The first-order valence-corrected chi connectivity index (χ1v) is 6.81. The maximum absolute atomic E-state index is 12.2. The van der Waals surface area contributed by atoms with Crippen molar-refractivity contribution in [3.05, 3.63) is 42.0 Å². The fourth-order valence-electron chi connectivity index (χ4n) is 2.26. The van der Waals surface area contributed by atoms with Crippen LogP contribution in [0.1, 0.15) is 12.0 Å². The zero-order chi connectivity index (χ0) is 11.3. The molecule has 4 heteroatoms. The van der Waals surface area contributed by atoms with Gasteiger partial charge in [-0.3, -0.25) is 0 Å². The summed E-state index contributed by atoms with van der Waals surface area (Å²) in [6.07, 6.45) is 4.89. The molecule has 0 spiro atoms. The van der Waals surface area contributed by atoms with Crippen LogP contribution in [0, 0.1) is 6.92 Å². The first-order chi connectivity index (χ1) is 7.60. The van der Waals surface area contributed by atoms with Gasteiger partial charge in [-0.25, -0.2) is 8.42 Å². The van der Waals surface area contributed by atoms with Gasteiger partial charge in [-0.1, -0.05) is 29.8 Å². The van der Waals surface area contributed by atoms with Crippen molar-refractivity contribution in [1.29, 1.82) is 0 Å². The van der Waals surface area contributed by atoms with Crippen LogP contribution in [-0.2, 0) is 10.0 Å². The van der Waals surface area contributed by atoms with Crippen molar-refractivity contribution < 1.29 is 8.42 Å². The van der Waals surface area contributed by atoms with Crippen LogP contribution >= 0.6 is 0 Å². The zero-order valence-electron chi connectivity index (χ0n) is 9.00. The molecular weight excluding hydrogens is 222 g/mol. The van der Waals surface area contributed by atoms with E-state index in [9.17, 15) is 8.42 Å². The van der Waals surface area contributed by atoms with E-state index in [-0.39, 0.29) is 12.1 Å². The van der Waals surface area contributed by atoms with Gasteiger partial charge < -0.3 is 0 Å². The molecule has 0 bridgehead atoms. The number of aryl methyl sites for hydroxylation is 1. The highest BCUT2D eigenvalue weighted by atomic mass is 32.2. The predicted octanol–water partition coefficient (Wildman–Crippen LogP) is 1.70. The van der Waals surface area contributed by atoms with Crippen LogP contribution in [0.2, 0.25) is 0 Å². The summed E-state index contributed by atoms with van der Waals surface area (Å²) < 4.78 is 26.0. The van der Waals surface area contributed by atoms with E-state index in [1.165, 1.54) is 0 Å². The molecule has 1 heterocycles. The number of rotatable bonds is 2. The SMILES string of the molecule is Cc1ccc(S(=O)(=O)N2[C@@H]3CC=C[C@@H]32)cc1. The molecule has 3 rings (SSSR count). The minimum Gasteiger partial charge on any atom is -0.207 e. The van der Waals surface area contributed by atoms with Gasteiger partial charge in [-0.15, -0.1) is 0 Å². The minimum absolute atomic E-state index is 0.117. The van der Waals surface area contributed by atoms with Gasteiger partial charge in [0.15, 0.2) is 0 Å². The van der Waals surface area contributed by atoms with Gasteiger partial charge in [0.05, 0.1) is 10.9 Å². The van der Waals surface area contributed by atoms with E-state index < -0.39 is 10.0 Å². The Labute approximate surface area is 95.4 Å². The summed E-state index contributed by atoms with van der Waals surface area (Å²) in [6.45, 7) is 1.95. The van der Waals surface area contributed by atoms with Gasteiger partial charge in [-0.05, 0) is 25.5 Å². The lowest BCUT2D eigenvalue weighted by Crippen LogP contribution is -2.16. The topological polar surface area (TPSA) is 37.1 Å². The van der Waals surface area contributed by atoms with Crippen molar-refractivity contribution in [3.8, 4) is 0 Å². The molecule has 0 N–H and O–H groups in total. The Morgan fingerprint density at radius 2 is 1.94 bits per heavy atom. The molecule has 1 fully saturated rings. The van der Waals surface area contributed by atoms with Gasteiger partial charge in [-0.2, -0.15) is 4.31 Å². The van der Waals surface area contributed by atoms with Crippen molar-refractivity contribution in [2.75, 3.05) is 0 Å². The fourth-order valence-corrected chi connectivity index (χ4v) is 4.03. The first kappa shape index (κ1) is 10.1. The zero-order valence-corrected chi connectivity index (χ0v) is 9.81. The molecule has 2 aliphatic rings. The lowest BCUT2D eigenvalue weighted by Gasteiger charge is -2.07. The van der Waals surface area contributed by atoms with Crippen LogP contribution in [0.15, 0.2) is 41.3 Å². The quantitative estimate of drug-likeness (QED) is 0.578. The molecule has 1 aliphatic carbocycles. The van der Waals surface area contributed by atoms with Crippen LogP contribution in [-0.4, -0.2) is 24.8 Å². The summed E-state index contributed by atoms with van der Waals surface area (Å²) in [5, 5.41) is 0. The normalized spacial score (nSPS) is 31.4. The molecule has 1 aromatic rings. The Hall–Kier alpha value is -1.13. The standard InChI is InChI=1S/C12H13NO2S/c1-9-5-7-10(8-6-9)16(14,15)13-11-3-2-4-12(11)13/h2-3,5-8,11-12H,4H2,1H3/t11-,12+,13?/m0/s1. The number of nitrogens with zero attached hydrogens (tertiary/aromatic N) is 1. The lowest BCUT2D eigenvalue weighted by atomic mass is 10.2. The molecule has 0 radical (unpaired) electrons. The largest absolute Gasteiger partial charge is 0.243 e. The van der Waals surface area contributed by atoms with E-state index in [0.717, 1.165) is 12.0 Å². The second-order valence-electron chi connectivity index (χ2n) is 4.37. The van der Waals surface area contributed by atoms with E-state index in [2.05, 4.69) is 6.08 Å². The molecule has 3 nitrogen and oxygen atoms in total. The molecule has 84 valence electrons. The maximum atomic E-state index is 12.2. The number of fused-ring (bicyclic) bond motifs is 1. The maximum Gasteiger partial charge on any atom is 0.243 e. The van der Waals surface area contributed by atoms with E-state index in [1.54, 1.807) is 16.4 Å². The molecular formula is C12H13NO2S. The van der Waals surface area contributed by atoms with Crippen LogP contribution in [0.25, 0.3) is 0 Å². The van der Waals surface area contributed by atoms with E-state index >= 15 is 0 Å². The average molecular weight is 235 g/mol. The van der Waals surface area contributed by atoms with E-state index in [1.807, 2.05) is 25.1 Å². The average Bonchev–Trinajstić information content (AvgIpc) is 2.77. The minimum atomic E-state index is -3.26.